The van der Waals surface area contributed by atoms with Crippen molar-refractivity contribution in [3.05, 3.63) is 53.6 Å². The molecular weight excluding hydrogens is 440 g/mol. The molecule has 0 spiro atoms. The van der Waals surface area contributed by atoms with Gasteiger partial charge in [-0.25, -0.2) is 8.42 Å². The van der Waals surface area contributed by atoms with E-state index in [1.165, 1.54) is 5.56 Å². The van der Waals surface area contributed by atoms with Crippen LogP contribution < -0.4 is 14.4 Å². The predicted octanol–water partition coefficient (Wildman–Crippen LogP) is 2.88. The number of rotatable bonds is 7. The maximum atomic E-state index is 13.2. The zero-order valence-corrected chi connectivity index (χ0v) is 20.5. The summed E-state index contributed by atoms with van der Waals surface area (Å²) in [5, 5.41) is 0. The Morgan fingerprint density at radius 3 is 2.27 bits per heavy atom. The van der Waals surface area contributed by atoms with Crippen LogP contribution in [-0.4, -0.2) is 70.1 Å². The van der Waals surface area contributed by atoms with Crippen molar-refractivity contribution in [3.63, 3.8) is 0 Å². The summed E-state index contributed by atoms with van der Waals surface area (Å²) in [6.45, 7) is 5.04. The van der Waals surface area contributed by atoms with Gasteiger partial charge in [-0.2, -0.15) is 0 Å². The van der Waals surface area contributed by atoms with Crippen molar-refractivity contribution in [1.82, 2.24) is 4.90 Å². The highest BCUT2D eigenvalue weighted by Gasteiger charge is 2.49. The number of nitrogens with zero attached hydrogens (tertiary/aromatic N) is 2. The molecule has 2 fully saturated rings. The Morgan fingerprint density at radius 2 is 1.64 bits per heavy atom. The van der Waals surface area contributed by atoms with E-state index in [0.29, 0.717) is 30.4 Å². The smallest absolute Gasteiger partial charge is 0.241 e. The summed E-state index contributed by atoms with van der Waals surface area (Å²) in [7, 11) is -0.0271. The minimum absolute atomic E-state index is 0.00218. The molecule has 2 atom stereocenters. The molecule has 1 amide bonds. The zero-order valence-electron chi connectivity index (χ0n) is 19.7. The molecule has 2 aromatic carbocycles. The molecule has 0 aliphatic carbocycles. The van der Waals surface area contributed by atoms with E-state index in [-0.39, 0.29) is 36.0 Å². The van der Waals surface area contributed by atoms with Crippen LogP contribution in [0.2, 0.25) is 0 Å². The van der Waals surface area contributed by atoms with Crippen molar-refractivity contribution < 1.29 is 22.7 Å². The van der Waals surface area contributed by atoms with Crippen molar-refractivity contribution in [2.45, 2.75) is 38.3 Å². The van der Waals surface area contributed by atoms with E-state index in [2.05, 4.69) is 13.8 Å². The molecule has 0 radical (unpaired) electrons. The van der Waals surface area contributed by atoms with E-state index in [1.54, 1.807) is 19.1 Å². The summed E-state index contributed by atoms with van der Waals surface area (Å²) in [6, 6.07) is 13.1. The molecule has 4 rings (SSSR count). The van der Waals surface area contributed by atoms with Crippen LogP contribution in [0, 0.1) is 0 Å². The van der Waals surface area contributed by atoms with Crippen LogP contribution in [-0.2, 0) is 21.1 Å². The lowest BCUT2D eigenvalue weighted by atomic mass is 9.99. The molecule has 2 aliphatic heterocycles. The number of ether oxygens (including phenoxy) is 2. The molecule has 0 N–H and O–H groups in total. The van der Waals surface area contributed by atoms with E-state index in [1.807, 2.05) is 47.4 Å². The lowest BCUT2D eigenvalue weighted by Crippen LogP contribution is -2.62. The fourth-order valence-electron chi connectivity index (χ4n) is 4.87. The second-order valence-electron chi connectivity index (χ2n) is 9.13. The average Bonchev–Trinajstić information content (AvgIpc) is 3.12. The van der Waals surface area contributed by atoms with Crippen molar-refractivity contribution in [2.75, 3.05) is 43.7 Å². The number of anilines is 1. The maximum Gasteiger partial charge on any atom is 0.241 e. The predicted molar refractivity (Wildman–Crippen MR) is 129 cm³/mol. The van der Waals surface area contributed by atoms with Gasteiger partial charge in [0.2, 0.25) is 5.91 Å². The van der Waals surface area contributed by atoms with Crippen molar-refractivity contribution in [2.24, 2.45) is 0 Å². The molecule has 178 valence electrons. The molecule has 8 heteroatoms. The van der Waals surface area contributed by atoms with Gasteiger partial charge in [0.15, 0.2) is 21.3 Å². The molecule has 33 heavy (non-hydrogen) atoms. The Labute approximate surface area is 196 Å². The molecule has 7 nitrogen and oxygen atoms in total. The quantitative estimate of drug-likeness (QED) is 0.617. The van der Waals surface area contributed by atoms with Crippen LogP contribution in [0.3, 0.4) is 0 Å². The topological polar surface area (TPSA) is 76.2 Å². The van der Waals surface area contributed by atoms with Crippen LogP contribution in [0.15, 0.2) is 42.5 Å². The van der Waals surface area contributed by atoms with Gasteiger partial charge in [-0.15, -0.1) is 0 Å². The van der Waals surface area contributed by atoms with Crippen LogP contribution in [0.4, 0.5) is 5.69 Å². The highest BCUT2D eigenvalue weighted by molar-refractivity contribution is 7.91. The maximum absolute atomic E-state index is 13.2. The summed E-state index contributed by atoms with van der Waals surface area (Å²) in [5.74, 6) is 1.73. The van der Waals surface area contributed by atoms with Gasteiger partial charge in [0.25, 0.3) is 0 Å². The first-order chi connectivity index (χ1) is 15.7. The Balaban J connectivity index is 1.55. The molecule has 0 aromatic heterocycles. The molecular formula is C25H32N2O5S. The fraction of sp³-hybridized carbons (Fsp3) is 0.480. The normalized spacial score (nSPS) is 22.5. The minimum Gasteiger partial charge on any atom is -0.493 e. The van der Waals surface area contributed by atoms with Gasteiger partial charge in [0.1, 0.15) is 0 Å². The minimum atomic E-state index is -3.22. The number of benzene rings is 2. The number of sulfone groups is 1. The average molecular weight is 473 g/mol. The molecule has 2 heterocycles. The highest BCUT2D eigenvalue weighted by Crippen LogP contribution is 2.33. The van der Waals surface area contributed by atoms with Crippen molar-refractivity contribution in [3.8, 4) is 11.5 Å². The Bertz CT molecular complexity index is 1110. The molecule has 2 saturated heterocycles. The van der Waals surface area contributed by atoms with E-state index >= 15 is 0 Å². The Kier molecular flexibility index (Phi) is 6.68. The highest BCUT2D eigenvalue weighted by atomic mass is 32.2. The fourth-order valence-corrected chi connectivity index (χ4v) is 6.85. The lowest BCUT2D eigenvalue weighted by Gasteiger charge is -2.43. The van der Waals surface area contributed by atoms with Gasteiger partial charge in [-0.1, -0.05) is 32.0 Å². The van der Waals surface area contributed by atoms with E-state index in [4.69, 9.17) is 9.47 Å². The third-order valence-corrected chi connectivity index (χ3v) is 8.37. The third kappa shape index (κ3) is 4.87. The molecule has 0 unspecified atom stereocenters. The monoisotopic (exact) mass is 472 g/mol. The molecule has 0 saturated carbocycles. The van der Waals surface area contributed by atoms with Gasteiger partial charge in [-0.3, -0.25) is 9.69 Å². The summed E-state index contributed by atoms with van der Waals surface area (Å²) < 4.78 is 35.9. The van der Waals surface area contributed by atoms with Gasteiger partial charge >= 0.3 is 0 Å². The molecule has 0 bridgehead atoms. The number of carbonyl (C=O) groups excluding carboxylic acids is 1. The summed E-state index contributed by atoms with van der Waals surface area (Å²) in [6.07, 6.45) is 0.681. The number of piperazine rings is 1. The second kappa shape index (κ2) is 9.35. The summed E-state index contributed by atoms with van der Waals surface area (Å²) >= 11 is 0. The first kappa shape index (κ1) is 23.6. The van der Waals surface area contributed by atoms with Crippen molar-refractivity contribution in [1.29, 1.82) is 0 Å². The van der Waals surface area contributed by atoms with Crippen LogP contribution in [0.1, 0.15) is 30.9 Å². The number of hydrogen-bond donors (Lipinski definition) is 0. The summed E-state index contributed by atoms with van der Waals surface area (Å²) in [5.41, 5.74) is 3.01. The van der Waals surface area contributed by atoms with E-state index < -0.39 is 9.84 Å². The number of hydrogen-bond acceptors (Lipinski definition) is 6. The Morgan fingerprint density at radius 1 is 0.970 bits per heavy atom. The largest absolute Gasteiger partial charge is 0.493 e. The van der Waals surface area contributed by atoms with Gasteiger partial charge in [0, 0.05) is 18.3 Å². The first-order valence-electron chi connectivity index (χ1n) is 11.3. The molecule has 2 aromatic rings. The Hall–Kier alpha value is -2.58. The summed E-state index contributed by atoms with van der Waals surface area (Å²) in [4.78, 5) is 17.0. The molecule has 2 aliphatic rings. The van der Waals surface area contributed by atoms with Gasteiger partial charge in [0.05, 0.1) is 38.3 Å². The van der Waals surface area contributed by atoms with Gasteiger partial charge in [-0.05, 0) is 47.7 Å². The third-order valence-electron chi connectivity index (χ3n) is 6.67. The first-order valence-corrected chi connectivity index (χ1v) is 13.1. The second-order valence-corrected chi connectivity index (χ2v) is 11.3. The van der Waals surface area contributed by atoms with E-state index in [9.17, 15) is 13.2 Å². The van der Waals surface area contributed by atoms with Crippen molar-refractivity contribution >= 4 is 21.4 Å². The standard InChI is InChI=1S/C25H32N2O5S/c1-17(2)19-6-8-20(9-7-19)27-22-16-33(29,30)15-21(22)26(14-25(27)28)12-11-18-5-10-23(31-3)24(13-18)32-4/h5-10,13,17,21-22H,11-12,14-16H2,1-4H3/t21-,22-/m0/s1. The van der Waals surface area contributed by atoms with Gasteiger partial charge < -0.3 is 14.4 Å². The number of methoxy groups -OCH3 is 2. The zero-order chi connectivity index (χ0) is 23.8. The van der Waals surface area contributed by atoms with Crippen LogP contribution in [0.5, 0.6) is 11.5 Å². The SMILES string of the molecule is COc1ccc(CCN2CC(=O)N(c3ccc(C(C)C)cc3)[C@H]3CS(=O)(=O)C[C@@H]32)cc1OC. The lowest BCUT2D eigenvalue weighted by molar-refractivity contribution is -0.123. The van der Waals surface area contributed by atoms with Crippen LogP contribution >= 0.6 is 0 Å². The number of amides is 1. The van der Waals surface area contributed by atoms with Crippen LogP contribution in [0.25, 0.3) is 0 Å². The number of fused-ring (bicyclic) bond motifs is 1. The number of carbonyl (C=O) groups is 1. The van der Waals surface area contributed by atoms with E-state index in [0.717, 1.165) is 11.3 Å².